The zero-order valence-corrected chi connectivity index (χ0v) is 9.01. The Labute approximate surface area is 98.7 Å². The summed E-state index contributed by atoms with van der Waals surface area (Å²) in [6.45, 7) is -1.96. The van der Waals surface area contributed by atoms with Crippen LogP contribution in [0, 0.1) is 10.1 Å². The van der Waals surface area contributed by atoms with Gasteiger partial charge in [-0.3, -0.25) is 14.9 Å². The van der Waals surface area contributed by atoms with Gasteiger partial charge in [0.25, 0.3) is 11.2 Å². The summed E-state index contributed by atoms with van der Waals surface area (Å²) in [4.78, 5) is 21.0. The molecule has 1 aromatic rings. The normalized spacial score (nSPS) is 11.5. The maximum atomic E-state index is 11.7. The van der Waals surface area contributed by atoms with Crippen LogP contribution in [0.4, 0.5) is 18.9 Å². The molecule has 9 heteroatoms. The summed E-state index contributed by atoms with van der Waals surface area (Å²) in [6.07, 6.45) is -3.48. The first kappa shape index (κ1) is 14.2. The summed E-state index contributed by atoms with van der Waals surface area (Å²) in [6, 6.07) is 2.00. The van der Waals surface area contributed by atoms with Crippen molar-refractivity contribution in [3.63, 3.8) is 0 Å². The van der Waals surface area contributed by atoms with Crippen molar-refractivity contribution >= 4 is 5.69 Å². The summed E-state index contributed by atoms with van der Waals surface area (Å²) in [5, 5.41) is 10.4. The van der Waals surface area contributed by atoms with E-state index in [2.05, 4.69) is 4.74 Å². The molecule has 18 heavy (non-hydrogen) atoms. The molecule has 0 aromatic carbocycles. The van der Waals surface area contributed by atoms with E-state index >= 15 is 0 Å². The number of alkyl halides is 3. The molecular weight excluding hydrogens is 257 g/mol. The van der Waals surface area contributed by atoms with Crippen LogP contribution in [-0.4, -0.2) is 28.9 Å². The van der Waals surface area contributed by atoms with Gasteiger partial charge in [-0.2, -0.15) is 13.2 Å². The summed E-state index contributed by atoms with van der Waals surface area (Å²) in [5.74, 6) is 0. The van der Waals surface area contributed by atoms with Gasteiger partial charge in [-0.05, 0) is 0 Å². The van der Waals surface area contributed by atoms with Crippen LogP contribution in [0.15, 0.2) is 23.1 Å². The molecule has 0 bridgehead atoms. The van der Waals surface area contributed by atoms with E-state index in [1.54, 1.807) is 0 Å². The van der Waals surface area contributed by atoms with E-state index in [-0.39, 0.29) is 18.8 Å². The number of ether oxygens (including phenoxy) is 1. The Balaban J connectivity index is 2.59. The second-order valence-electron chi connectivity index (χ2n) is 3.34. The molecule has 0 fully saturated rings. The molecule has 0 radical (unpaired) electrons. The van der Waals surface area contributed by atoms with Crippen molar-refractivity contribution in [1.82, 2.24) is 4.57 Å². The van der Waals surface area contributed by atoms with Crippen molar-refractivity contribution in [3.05, 3.63) is 38.8 Å². The van der Waals surface area contributed by atoms with Gasteiger partial charge >= 0.3 is 6.18 Å². The lowest BCUT2D eigenvalue weighted by molar-refractivity contribution is -0.385. The SMILES string of the molecule is O=c1ccc([N+](=O)[O-])cn1CCOCC(F)(F)F. The molecule has 0 amide bonds. The van der Waals surface area contributed by atoms with Crippen LogP contribution in [0.1, 0.15) is 0 Å². The van der Waals surface area contributed by atoms with E-state index in [0.717, 1.165) is 22.9 Å². The predicted molar refractivity (Wildman–Crippen MR) is 54.2 cm³/mol. The van der Waals surface area contributed by atoms with E-state index in [9.17, 15) is 28.1 Å². The van der Waals surface area contributed by atoms with Crippen LogP contribution in [0.2, 0.25) is 0 Å². The number of nitro groups is 1. The molecule has 1 rings (SSSR count). The third-order valence-corrected chi connectivity index (χ3v) is 1.92. The molecule has 100 valence electrons. The first-order chi connectivity index (χ1) is 8.29. The Morgan fingerprint density at radius 3 is 2.61 bits per heavy atom. The summed E-state index contributed by atoms with van der Waals surface area (Å²) in [7, 11) is 0. The Morgan fingerprint density at radius 1 is 1.39 bits per heavy atom. The maximum absolute atomic E-state index is 11.7. The van der Waals surface area contributed by atoms with Gasteiger partial charge in [0.15, 0.2) is 0 Å². The summed E-state index contributed by atoms with van der Waals surface area (Å²) in [5.41, 5.74) is -0.860. The first-order valence-electron chi connectivity index (χ1n) is 4.79. The third kappa shape index (κ3) is 4.53. The topological polar surface area (TPSA) is 74.4 Å². The molecule has 0 aliphatic rings. The van der Waals surface area contributed by atoms with Crippen molar-refractivity contribution < 1.29 is 22.8 Å². The van der Waals surface area contributed by atoms with E-state index in [1.807, 2.05) is 0 Å². The average Bonchev–Trinajstić information content (AvgIpc) is 2.24. The zero-order chi connectivity index (χ0) is 13.8. The zero-order valence-electron chi connectivity index (χ0n) is 9.01. The molecule has 0 N–H and O–H groups in total. The number of nitrogens with zero attached hydrogens (tertiary/aromatic N) is 2. The predicted octanol–water partition coefficient (Wildman–Crippen LogP) is 1.34. The number of aromatic nitrogens is 1. The number of halogens is 3. The standard InChI is InChI=1S/C9H9F3N2O4/c10-9(11,12)6-18-4-3-13-5-7(14(16)17)1-2-8(13)15/h1-2,5H,3-4,6H2. The second kappa shape index (κ2) is 5.63. The van der Waals surface area contributed by atoms with Crippen LogP contribution < -0.4 is 5.56 Å². The molecule has 0 aliphatic heterocycles. The van der Waals surface area contributed by atoms with Crippen LogP contribution in [0.25, 0.3) is 0 Å². The molecule has 0 atom stereocenters. The van der Waals surface area contributed by atoms with Gasteiger partial charge in [0.05, 0.1) is 17.7 Å². The van der Waals surface area contributed by atoms with Gasteiger partial charge in [0.2, 0.25) is 0 Å². The van der Waals surface area contributed by atoms with Crippen LogP contribution in [0.5, 0.6) is 0 Å². The van der Waals surface area contributed by atoms with Gasteiger partial charge in [-0.1, -0.05) is 0 Å². The van der Waals surface area contributed by atoms with Crippen LogP contribution in [-0.2, 0) is 11.3 Å². The maximum Gasteiger partial charge on any atom is 0.411 e. The van der Waals surface area contributed by atoms with Crippen molar-refractivity contribution in [2.45, 2.75) is 12.7 Å². The van der Waals surface area contributed by atoms with Crippen LogP contribution in [0.3, 0.4) is 0 Å². The minimum absolute atomic E-state index is 0.184. The molecule has 6 nitrogen and oxygen atoms in total. The molecule has 1 heterocycles. The Morgan fingerprint density at radius 2 is 2.06 bits per heavy atom. The highest BCUT2D eigenvalue weighted by atomic mass is 19.4. The lowest BCUT2D eigenvalue weighted by Gasteiger charge is -2.08. The smallest absolute Gasteiger partial charge is 0.370 e. The minimum atomic E-state index is -4.44. The van der Waals surface area contributed by atoms with E-state index in [4.69, 9.17) is 0 Å². The number of hydrogen-bond acceptors (Lipinski definition) is 4. The number of pyridine rings is 1. The molecule has 0 spiro atoms. The fraction of sp³-hybridized carbons (Fsp3) is 0.444. The molecule has 0 saturated carbocycles. The van der Waals surface area contributed by atoms with Crippen molar-refractivity contribution in [1.29, 1.82) is 0 Å². The molecule has 0 unspecified atom stereocenters. The van der Waals surface area contributed by atoms with Crippen LogP contribution >= 0.6 is 0 Å². The fourth-order valence-electron chi connectivity index (χ4n) is 1.15. The van der Waals surface area contributed by atoms with Gasteiger partial charge in [0.1, 0.15) is 6.61 Å². The fourth-order valence-corrected chi connectivity index (χ4v) is 1.15. The number of rotatable bonds is 5. The summed E-state index contributed by atoms with van der Waals surface area (Å²) < 4.78 is 40.5. The van der Waals surface area contributed by atoms with E-state index < -0.39 is 23.3 Å². The first-order valence-corrected chi connectivity index (χ1v) is 4.79. The Kier molecular flexibility index (Phi) is 4.43. The highest BCUT2D eigenvalue weighted by Gasteiger charge is 2.27. The monoisotopic (exact) mass is 266 g/mol. The Bertz CT molecular complexity index is 483. The van der Waals surface area contributed by atoms with Gasteiger partial charge < -0.3 is 9.30 Å². The third-order valence-electron chi connectivity index (χ3n) is 1.92. The van der Waals surface area contributed by atoms with Crippen molar-refractivity contribution in [2.75, 3.05) is 13.2 Å². The van der Waals surface area contributed by atoms with Gasteiger partial charge in [-0.15, -0.1) is 0 Å². The highest BCUT2D eigenvalue weighted by Crippen LogP contribution is 2.14. The second-order valence-corrected chi connectivity index (χ2v) is 3.34. The molecule has 0 saturated heterocycles. The highest BCUT2D eigenvalue weighted by molar-refractivity contribution is 5.24. The summed E-state index contributed by atoms with van der Waals surface area (Å²) >= 11 is 0. The minimum Gasteiger partial charge on any atom is -0.370 e. The molecular formula is C9H9F3N2O4. The molecule has 1 aromatic heterocycles. The average molecular weight is 266 g/mol. The lowest BCUT2D eigenvalue weighted by atomic mass is 10.4. The largest absolute Gasteiger partial charge is 0.411 e. The lowest BCUT2D eigenvalue weighted by Crippen LogP contribution is -2.23. The quantitative estimate of drug-likeness (QED) is 0.458. The van der Waals surface area contributed by atoms with E-state index in [1.165, 1.54) is 0 Å². The van der Waals surface area contributed by atoms with Gasteiger partial charge in [0, 0.05) is 18.7 Å². The Hall–Kier alpha value is -1.90. The van der Waals surface area contributed by atoms with E-state index in [0.29, 0.717) is 0 Å². The number of hydrogen-bond donors (Lipinski definition) is 0. The van der Waals surface area contributed by atoms with Gasteiger partial charge in [-0.25, -0.2) is 0 Å². The molecule has 0 aliphatic carbocycles. The van der Waals surface area contributed by atoms with Crippen molar-refractivity contribution in [3.8, 4) is 0 Å². The van der Waals surface area contributed by atoms with Crippen molar-refractivity contribution in [2.24, 2.45) is 0 Å².